The first-order valence-corrected chi connectivity index (χ1v) is 14.6. The SMILES string of the molecule is C=CC(=O)Nc1cc(C2CCN(CC)CC2)ccc1Nc1cc(N(C)C(O)Nc2c(Cl)c(OC)cc(OC)c2Cl)ncn1. The number of likely N-dealkylation sites (tertiary alicyclic amines) is 1. The maximum Gasteiger partial charge on any atom is 0.247 e. The van der Waals surface area contributed by atoms with E-state index in [-0.39, 0.29) is 21.6 Å². The Balaban J connectivity index is 1.55. The average molecular weight is 631 g/mol. The van der Waals surface area contributed by atoms with E-state index in [1.54, 1.807) is 19.2 Å². The molecule has 3 aromatic rings. The number of aromatic nitrogens is 2. The number of aliphatic hydroxyl groups excluding tert-OH is 1. The van der Waals surface area contributed by atoms with Crippen LogP contribution >= 0.6 is 23.2 Å². The zero-order valence-electron chi connectivity index (χ0n) is 24.7. The van der Waals surface area contributed by atoms with Crippen LogP contribution in [0.1, 0.15) is 31.2 Å². The molecule has 1 aromatic heterocycles. The Morgan fingerprint density at radius 2 is 1.81 bits per heavy atom. The number of methoxy groups -OCH3 is 2. The van der Waals surface area contributed by atoms with Gasteiger partial charge in [0.2, 0.25) is 12.3 Å². The second kappa shape index (κ2) is 14.6. The van der Waals surface area contributed by atoms with Crippen LogP contribution in [0, 0.1) is 0 Å². The normalized spacial score (nSPS) is 14.5. The summed E-state index contributed by atoms with van der Waals surface area (Å²) in [5.74, 6) is 1.58. The Bertz CT molecular complexity index is 1420. The maximum absolute atomic E-state index is 12.3. The van der Waals surface area contributed by atoms with Crippen LogP contribution in [0.5, 0.6) is 11.5 Å². The molecule has 1 aliphatic heterocycles. The van der Waals surface area contributed by atoms with Crippen molar-refractivity contribution < 1.29 is 19.4 Å². The van der Waals surface area contributed by atoms with Gasteiger partial charge < -0.3 is 40.3 Å². The Labute approximate surface area is 261 Å². The van der Waals surface area contributed by atoms with Crippen molar-refractivity contribution in [2.45, 2.75) is 32.0 Å². The lowest BCUT2D eigenvalue weighted by Crippen LogP contribution is -2.38. The Hall–Kier alpha value is -3.77. The molecule has 11 nitrogen and oxygen atoms in total. The van der Waals surface area contributed by atoms with Gasteiger partial charge in [-0.1, -0.05) is 42.8 Å². The van der Waals surface area contributed by atoms with Gasteiger partial charge in [0.05, 0.1) is 31.3 Å². The molecule has 2 heterocycles. The number of amides is 1. The van der Waals surface area contributed by atoms with E-state index in [9.17, 15) is 9.90 Å². The monoisotopic (exact) mass is 629 g/mol. The van der Waals surface area contributed by atoms with Crippen LogP contribution in [0.15, 0.2) is 49.3 Å². The van der Waals surface area contributed by atoms with Crippen LogP contribution in [0.4, 0.5) is 28.7 Å². The molecule has 0 radical (unpaired) electrons. The summed E-state index contributed by atoms with van der Waals surface area (Å²) in [7, 11) is 4.57. The number of benzene rings is 2. The number of hydrogen-bond acceptors (Lipinski definition) is 10. The number of halogens is 2. The van der Waals surface area contributed by atoms with Crippen LogP contribution in [-0.4, -0.2) is 73.1 Å². The molecular weight excluding hydrogens is 593 g/mol. The number of nitrogens with zero attached hydrogens (tertiary/aromatic N) is 4. The molecule has 43 heavy (non-hydrogen) atoms. The molecule has 0 aliphatic carbocycles. The van der Waals surface area contributed by atoms with Gasteiger partial charge >= 0.3 is 0 Å². The van der Waals surface area contributed by atoms with Crippen molar-refractivity contribution in [2.24, 2.45) is 0 Å². The van der Waals surface area contributed by atoms with Gasteiger partial charge in [0.1, 0.15) is 39.5 Å². The van der Waals surface area contributed by atoms with Gasteiger partial charge in [-0.2, -0.15) is 0 Å². The highest BCUT2D eigenvalue weighted by molar-refractivity contribution is 6.41. The lowest BCUT2D eigenvalue weighted by Gasteiger charge is -2.31. The molecule has 0 bridgehead atoms. The standard InChI is InChI=1S/C30H37Cl2N7O4/c1-6-26(40)36-21-14-19(18-10-12-39(7-2)13-11-18)8-9-20(21)35-24-16-25(34-17-33-24)38(3)30(41)37-29-27(31)22(42-4)15-23(43-5)28(29)32/h6,8-9,14-18,30,37,41H,1,7,10-13H2,2-5H3,(H,36,40)(H,33,34,35). The van der Waals surface area contributed by atoms with E-state index in [4.69, 9.17) is 32.7 Å². The number of carbonyl (C=O) groups excluding carboxylic acids is 1. The molecule has 1 aliphatic rings. The van der Waals surface area contributed by atoms with E-state index < -0.39 is 6.35 Å². The first-order chi connectivity index (χ1) is 20.7. The van der Waals surface area contributed by atoms with Gasteiger partial charge in [-0.05, 0) is 62.2 Å². The predicted molar refractivity (Wildman–Crippen MR) is 172 cm³/mol. The fourth-order valence-electron chi connectivity index (χ4n) is 4.90. The van der Waals surface area contributed by atoms with Crippen molar-refractivity contribution in [3.8, 4) is 11.5 Å². The second-order valence-electron chi connectivity index (χ2n) is 10.0. The molecule has 230 valence electrons. The van der Waals surface area contributed by atoms with Gasteiger partial charge in [0, 0.05) is 19.2 Å². The number of ether oxygens (including phenoxy) is 2. The molecule has 2 aromatic carbocycles. The highest BCUT2D eigenvalue weighted by atomic mass is 35.5. The number of hydrogen-bond donors (Lipinski definition) is 4. The van der Waals surface area contributed by atoms with E-state index in [1.165, 1.54) is 37.1 Å². The van der Waals surface area contributed by atoms with Gasteiger partial charge in [-0.15, -0.1) is 0 Å². The van der Waals surface area contributed by atoms with E-state index in [0.29, 0.717) is 40.4 Å². The topological polar surface area (TPSA) is 124 Å². The molecule has 1 unspecified atom stereocenters. The molecular formula is C30H37Cl2N7O4. The molecule has 1 amide bonds. The Morgan fingerprint density at radius 1 is 1.14 bits per heavy atom. The molecule has 13 heteroatoms. The van der Waals surface area contributed by atoms with Gasteiger partial charge in [-0.3, -0.25) is 4.79 Å². The van der Waals surface area contributed by atoms with Crippen molar-refractivity contribution >= 4 is 57.8 Å². The average Bonchev–Trinajstić information content (AvgIpc) is 3.03. The summed E-state index contributed by atoms with van der Waals surface area (Å²) in [4.78, 5) is 24.8. The molecule has 1 fully saturated rings. The predicted octanol–water partition coefficient (Wildman–Crippen LogP) is 5.69. The van der Waals surface area contributed by atoms with Crippen molar-refractivity contribution in [3.63, 3.8) is 0 Å². The van der Waals surface area contributed by atoms with Gasteiger partial charge in [0.15, 0.2) is 0 Å². The van der Waals surface area contributed by atoms with Crippen LogP contribution in [0.25, 0.3) is 0 Å². The Kier molecular flexibility index (Phi) is 10.9. The van der Waals surface area contributed by atoms with E-state index in [2.05, 4.69) is 50.4 Å². The molecule has 4 rings (SSSR count). The zero-order chi connectivity index (χ0) is 31.1. The Morgan fingerprint density at radius 3 is 2.42 bits per heavy atom. The highest BCUT2D eigenvalue weighted by Crippen LogP contribution is 2.44. The van der Waals surface area contributed by atoms with Crippen molar-refractivity contribution in [2.75, 3.05) is 61.8 Å². The smallest absolute Gasteiger partial charge is 0.247 e. The summed E-state index contributed by atoms with van der Waals surface area (Å²) in [5, 5.41) is 20.4. The second-order valence-corrected chi connectivity index (χ2v) is 10.8. The highest BCUT2D eigenvalue weighted by Gasteiger charge is 2.23. The third-order valence-electron chi connectivity index (χ3n) is 7.48. The number of anilines is 5. The number of nitrogens with one attached hydrogen (secondary N) is 3. The van der Waals surface area contributed by atoms with Crippen LogP contribution < -0.4 is 30.3 Å². The lowest BCUT2D eigenvalue weighted by atomic mass is 9.89. The maximum atomic E-state index is 12.3. The summed E-state index contributed by atoms with van der Waals surface area (Å²) in [6.45, 7) is 8.92. The quantitative estimate of drug-likeness (QED) is 0.147. The molecule has 0 saturated carbocycles. The molecule has 1 saturated heterocycles. The third-order valence-corrected chi connectivity index (χ3v) is 8.23. The summed E-state index contributed by atoms with van der Waals surface area (Å²) in [6.07, 6.45) is 3.43. The van der Waals surface area contributed by atoms with Crippen molar-refractivity contribution in [1.82, 2.24) is 14.9 Å². The van der Waals surface area contributed by atoms with Crippen molar-refractivity contribution in [3.05, 3.63) is 64.9 Å². The largest absolute Gasteiger partial charge is 0.495 e. The zero-order valence-corrected chi connectivity index (χ0v) is 26.2. The first kappa shape index (κ1) is 32.2. The molecule has 0 spiro atoms. The number of piperidine rings is 1. The lowest BCUT2D eigenvalue weighted by molar-refractivity contribution is -0.111. The number of rotatable bonds is 12. The minimum atomic E-state index is -1.30. The number of carbonyl (C=O) groups is 1. The van der Waals surface area contributed by atoms with Crippen LogP contribution in [0.3, 0.4) is 0 Å². The summed E-state index contributed by atoms with van der Waals surface area (Å²) >= 11 is 12.9. The van der Waals surface area contributed by atoms with E-state index >= 15 is 0 Å². The van der Waals surface area contributed by atoms with Gasteiger partial charge in [-0.25, -0.2) is 9.97 Å². The first-order valence-electron chi connectivity index (χ1n) is 13.8. The van der Waals surface area contributed by atoms with Gasteiger partial charge in [0.25, 0.3) is 0 Å². The molecule has 4 N–H and O–H groups in total. The fraction of sp³-hybridized carbons (Fsp3) is 0.367. The summed E-state index contributed by atoms with van der Waals surface area (Å²) < 4.78 is 10.6. The minimum absolute atomic E-state index is 0.180. The van der Waals surface area contributed by atoms with Crippen LogP contribution in [0.2, 0.25) is 10.0 Å². The van der Waals surface area contributed by atoms with E-state index in [1.807, 2.05) is 12.1 Å². The van der Waals surface area contributed by atoms with Crippen molar-refractivity contribution in [1.29, 1.82) is 0 Å². The van der Waals surface area contributed by atoms with E-state index in [0.717, 1.165) is 32.5 Å². The summed E-state index contributed by atoms with van der Waals surface area (Å²) in [6, 6.07) is 9.24. The fourth-order valence-corrected chi connectivity index (χ4v) is 5.51. The summed E-state index contributed by atoms with van der Waals surface area (Å²) in [5.41, 5.74) is 2.67. The number of aliphatic hydroxyl groups is 1. The molecule has 1 atom stereocenters. The minimum Gasteiger partial charge on any atom is -0.495 e. The van der Waals surface area contributed by atoms with Crippen LogP contribution in [-0.2, 0) is 4.79 Å². The third kappa shape index (κ3) is 7.61.